The van der Waals surface area contributed by atoms with E-state index in [4.69, 9.17) is 16.0 Å². The fourth-order valence-corrected chi connectivity index (χ4v) is 1.00. The zero-order valence-corrected chi connectivity index (χ0v) is 6.43. The molecule has 1 heterocycles. The van der Waals surface area contributed by atoms with Crippen LogP contribution in [0.3, 0.4) is 0 Å². The Labute approximate surface area is 64.4 Å². The van der Waals surface area contributed by atoms with Gasteiger partial charge in [0.2, 0.25) is 0 Å². The predicted molar refractivity (Wildman–Crippen MR) is 39.0 cm³/mol. The van der Waals surface area contributed by atoms with Crippen molar-refractivity contribution in [2.75, 3.05) is 0 Å². The van der Waals surface area contributed by atoms with Crippen LogP contribution >= 0.6 is 11.6 Å². The highest BCUT2D eigenvalue weighted by molar-refractivity contribution is 6.29. The fraction of sp³-hybridized carbons (Fsp3) is 0.429. The summed E-state index contributed by atoms with van der Waals surface area (Å²) in [4.78, 5) is 0. The number of halogens is 1. The molecule has 56 valence electrons. The standard InChI is InChI=1S/C7H9ClO2/c1-2-6(9)5-3-4-10-7(5)8/h3-4,6,9H,2H2,1H3. The number of hydrogen-bond acceptors (Lipinski definition) is 2. The minimum atomic E-state index is -0.494. The third-order valence-corrected chi connectivity index (χ3v) is 1.70. The van der Waals surface area contributed by atoms with Gasteiger partial charge in [0.15, 0.2) is 5.22 Å². The molecule has 0 radical (unpaired) electrons. The Bertz CT molecular complexity index is 207. The largest absolute Gasteiger partial charge is 0.453 e. The van der Waals surface area contributed by atoms with E-state index in [9.17, 15) is 5.11 Å². The SMILES string of the molecule is CCC(O)c1ccoc1Cl. The molecule has 0 aromatic carbocycles. The number of furan rings is 1. The van der Waals surface area contributed by atoms with Gasteiger partial charge in [0.05, 0.1) is 12.4 Å². The fourth-order valence-electron chi connectivity index (χ4n) is 0.763. The molecule has 1 rings (SSSR count). The minimum absolute atomic E-state index is 0.286. The molecule has 1 aromatic rings. The first-order valence-electron chi connectivity index (χ1n) is 3.16. The van der Waals surface area contributed by atoms with Gasteiger partial charge in [-0.1, -0.05) is 6.92 Å². The van der Waals surface area contributed by atoms with E-state index in [1.807, 2.05) is 6.92 Å². The quantitative estimate of drug-likeness (QED) is 0.721. The Morgan fingerprint density at radius 3 is 2.90 bits per heavy atom. The molecule has 1 N–H and O–H groups in total. The molecule has 0 fully saturated rings. The van der Waals surface area contributed by atoms with Crippen LogP contribution in [-0.2, 0) is 0 Å². The molecule has 0 bridgehead atoms. The van der Waals surface area contributed by atoms with Gasteiger partial charge in [-0.3, -0.25) is 0 Å². The first kappa shape index (κ1) is 7.63. The number of aliphatic hydroxyl groups is 1. The molecular formula is C7H9ClO2. The summed E-state index contributed by atoms with van der Waals surface area (Å²) in [6, 6.07) is 1.68. The lowest BCUT2D eigenvalue weighted by atomic mass is 10.1. The van der Waals surface area contributed by atoms with E-state index in [1.54, 1.807) is 6.07 Å². The Morgan fingerprint density at radius 2 is 2.50 bits per heavy atom. The molecule has 2 nitrogen and oxygen atoms in total. The van der Waals surface area contributed by atoms with E-state index in [2.05, 4.69) is 0 Å². The maximum atomic E-state index is 9.25. The molecular weight excluding hydrogens is 152 g/mol. The first-order valence-corrected chi connectivity index (χ1v) is 3.54. The zero-order valence-electron chi connectivity index (χ0n) is 5.67. The molecule has 0 saturated heterocycles. The Balaban J connectivity index is 2.82. The second-order valence-corrected chi connectivity index (χ2v) is 2.42. The molecule has 0 aliphatic heterocycles. The molecule has 0 aliphatic rings. The topological polar surface area (TPSA) is 33.4 Å². The zero-order chi connectivity index (χ0) is 7.56. The van der Waals surface area contributed by atoms with Gasteiger partial charge in [-0.2, -0.15) is 0 Å². The van der Waals surface area contributed by atoms with E-state index in [0.29, 0.717) is 12.0 Å². The van der Waals surface area contributed by atoms with E-state index in [1.165, 1.54) is 6.26 Å². The van der Waals surface area contributed by atoms with Crippen molar-refractivity contribution in [1.82, 2.24) is 0 Å². The van der Waals surface area contributed by atoms with Crippen molar-refractivity contribution in [2.24, 2.45) is 0 Å². The molecule has 10 heavy (non-hydrogen) atoms. The average molecular weight is 161 g/mol. The molecule has 0 spiro atoms. The van der Waals surface area contributed by atoms with E-state index < -0.39 is 6.10 Å². The maximum Gasteiger partial charge on any atom is 0.198 e. The normalized spacial score (nSPS) is 13.5. The van der Waals surface area contributed by atoms with Crippen molar-refractivity contribution in [2.45, 2.75) is 19.4 Å². The summed E-state index contributed by atoms with van der Waals surface area (Å²) >= 11 is 5.59. The number of rotatable bonds is 2. The van der Waals surface area contributed by atoms with Crippen LogP contribution in [0.25, 0.3) is 0 Å². The molecule has 3 heteroatoms. The van der Waals surface area contributed by atoms with E-state index in [-0.39, 0.29) is 5.22 Å². The molecule has 1 aromatic heterocycles. The summed E-state index contributed by atoms with van der Waals surface area (Å²) in [6.45, 7) is 1.88. The third kappa shape index (κ3) is 1.33. The highest BCUT2D eigenvalue weighted by Gasteiger charge is 2.10. The summed E-state index contributed by atoms with van der Waals surface area (Å²) < 4.78 is 4.79. The maximum absolute atomic E-state index is 9.25. The lowest BCUT2D eigenvalue weighted by molar-refractivity contribution is 0.173. The van der Waals surface area contributed by atoms with Gasteiger partial charge in [-0.15, -0.1) is 0 Å². The molecule has 1 unspecified atom stereocenters. The predicted octanol–water partition coefficient (Wildman–Crippen LogP) is 2.38. The summed E-state index contributed by atoms with van der Waals surface area (Å²) in [5.74, 6) is 0. The van der Waals surface area contributed by atoms with Crippen molar-refractivity contribution in [3.8, 4) is 0 Å². The molecule has 1 atom stereocenters. The second kappa shape index (κ2) is 3.08. The smallest absolute Gasteiger partial charge is 0.198 e. The van der Waals surface area contributed by atoms with E-state index in [0.717, 1.165) is 0 Å². The van der Waals surface area contributed by atoms with Crippen LogP contribution in [0.4, 0.5) is 0 Å². The summed E-state index contributed by atoms with van der Waals surface area (Å²) in [5, 5.41) is 9.54. The van der Waals surface area contributed by atoms with Gasteiger partial charge >= 0.3 is 0 Å². The highest BCUT2D eigenvalue weighted by Crippen LogP contribution is 2.25. The lowest BCUT2D eigenvalue weighted by Gasteiger charge is -2.02. The molecule has 0 amide bonds. The van der Waals surface area contributed by atoms with Crippen LogP contribution in [0.15, 0.2) is 16.7 Å². The minimum Gasteiger partial charge on any atom is -0.453 e. The van der Waals surface area contributed by atoms with Crippen LogP contribution in [0.1, 0.15) is 25.0 Å². The van der Waals surface area contributed by atoms with Gasteiger partial charge in [-0.05, 0) is 24.1 Å². The molecule has 0 saturated carbocycles. The Morgan fingerprint density at radius 1 is 1.80 bits per heavy atom. The highest BCUT2D eigenvalue weighted by atomic mass is 35.5. The average Bonchev–Trinajstić information content (AvgIpc) is 2.34. The van der Waals surface area contributed by atoms with Crippen LogP contribution in [0, 0.1) is 0 Å². The van der Waals surface area contributed by atoms with Gasteiger partial charge in [0, 0.05) is 5.56 Å². The summed E-state index contributed by atoms with van der Waals surface area (Å²) in [6.07, 6.45) is 1.63. The van der Waals surface area contributed by atoms with Crippen LogP contribution in [0.5, 0.6) is 0 Å². The van der Waals surface area contributed by atoms with Gasteiger partial charge in [-0.25, -0.2) is 0 Å². The van der Waals surface area contributed by atoms with Gasteiger partial charge in [0.1, 0.15) is 0 Å². The van der Waals surface area contributed by atoms with Crippen molar-refractivity contribution in [1.29, 1.82) is 0 Å². The number of hydrogen-bond donors (Lipinski definition) is 1. The van der Waals surface area contributed by atoms with Crippen molar-refractivity contribution in [3.63, 3.8) is 0 Å². The van der Waals surface area contributed by atoms with Gasteiger partial charge < -0.3 is 9.52 Å². The lowest BCUT2D eigenvalue weighted by Crippen LogP contribution is -1.92. The van der Waals surface area contributed by atoms with Crippen LogP contribution < -0.4 is 0 Å². The summed E-state index contributed by atoms with van der Waals surface area (Å²) in [5.41, 5.74) is 0.671. The Kier molecular flexibility index (Phi) is 2.35. The van der Waals surface area contributed by atoms with Crippen molar-refractivity contribution in [3.05, 3.63) is 23.1 Å². The Hall–Kier alpha value is -0.470. The molecule has 0 aliphatic carbocycles. The second-order valence-electron chi connectivity index (χ2n) is 2.07. The number of aliphatic hydroxyl groups excluding tert-OH is 1. The van der Waals surface area contributed by atoms with Crippen molar-refractivity contribution >= 4 is 11.6 Å². The van der Waals surface area contributed by atoms with Crippen LogP contribution in [0.2, 0.25) is 5.22 Å². The van der Waals surface area contributed by atoms with Gasteiger partial charge in [0.25, 0.3) is 0 Å². The third-order valence-electron chi connectivity index (χ3n) is 1.39. The van der Waals surface area contributed by atoms with Crippen molar-refractivity contribution < 1.29 is 9.52 Å². The summed E-state index contributed by atoms with van der Waals surface area (Å²) in [7, 11) is 0. The van der Waals surface area contributed by atoms with Crippen LogP contribution in [-0.4, -0.2) is 5.11 Å². The van der Waals surface area contributed by atoms with E-state index >= 15 is 0 Å². The first-order chi connectivity index (χ1) is 4.75. The monoisotopic (exact) mass is 160 g/mol.